The van der Waals surface area contributed by atoms with Crippen LogP contribution in [0.3, 0.4) is 0 Å². The Labute approximate surface area is 103 Å². The third-order valence-corrected chi connectivity index (χ3v) is 3.48. The second-order valence-corrected chi connectivity index (χ2v) is 5.02. The lowest BCUT2D eigenvalue weighted by atomic mass is 10.1. The molecule has 3 heteroatoms. The van der Waals surface area contributed by atoms with Gasteiger partial charge in [-0.05, 0) is 39.6 Å². The molecule has 17 heavy (non-hydrogen) atoms. The highest BCUT2D eigenvalue weighted by Crippen LogP contribution is 2.16. The predicted molar refractivity (Wildman–Crippen MR) is 69.2 cm³/mol. The van der Waals surface area contributed by atoms with E-state index in [1.807, 2.05) is 36.1 Å². The monoisotopic (exact) mass is 232 g/mol. The summed E-state index contributed by atoms with van der Waals surface area (Å²) in [4.78, 5) is 16.4. The van der Waals surface area contributed by atoms with Crippen LogP contribution in [0.15, 0.2) is 24.3 Å². The lowest BCUT2D eigenvalue weighted by Crippen LogP contribution is -2.34. The van der Waals surface area contributed by atoms with E-state index in [4.69, 9.17) is 0 Å². The molecule has 0 saturated carbocycles. The van der Waals surface area contributed by atoms with Crippen LogP contribution in [-0.2, 0) is 0 Å². The normalized spacial score (nSPS) is 20.0. The Balaban J connectivity index is 2.04. The van der Waals surface area contributed by atoms with E-state index in [0.29, 0.717) is 6.04 Å². The van der Waals surface area contributed by atoms with Crippen molar-refractivity contribution in [2.24, 2.45) is 0 Å². The largest absolute Gasteiger partial charge is 0.337 e. The first-order chi connectivity index (χ1) is 8.08. The molecule has 0 unspecified atom stereocenters. The molecule has 1 saturated heterocycles. The van der Waals surface area contributed by atoms with Crippen molar-refractivity contribution in [3.63, 3.8) is 0 Å². The van der Waals surface area contributed by atoms with Gasteiger partial charge in [0.15, 0.2) is 0 Å². The Bertz CT molecular complexity index is 397. The van der Waals surface area contributed by atoms with Crippen LogP contribution < -0.4 is 0 Å². The van der Waals surface area contributed by atoms with Crippen molar-refractivity contribution in [3.8, 4) is 0 Å². The number of nitrogens with zero attached hydrogens (tertiary/aromatic N) is 2. The zero-order chi connectivity index (χ0) is 12.4. The summed E-state index contributed by atoms with van der Waals surface area (Å²) in [6, 6.07) is 8.32. The van der Waals surface area contributed by atoms with Crippen LogP contribution in [0.5, 0.6) is 0 Å². The average molecular weight is 232 g/mol. The SMILES string of the molecule is Cc1ccc(C(=O)N2CC[C@@H](N(C)C)C2)cc1. The van der Waals surface area contributed by atoms with Crippen molar-refractivity contribution in [1.82, 2.24) is 9.80 Å². The first-order valence-corrected chi connectivity index (χ1v) is 6.10. The lowest BCUT2D eigenvalue weighted by molar-refractivity contribution is 0.0783. The number of hydrogen-bond acceptors (Lipinski definition) is 2. The third-order valence-electron chi connectivity index (χ3n) is 3.48. The minimum absolute atomic E-state index is 0.161. The summed E-state index contributed by atoms with van der Waals surface area (Å²) in [5.74, 6) is 0.161. The topological polar surface area (TPSA) is 23.6 Å². The number of carbonyl (C=O) groups is 1. The maximum absolute atomic E-state index is 12.2. The summed E-state index contributed by atoms with van der Waals surface area (Å²) in [5, 5.41) is 0. The van der Waals surface area contributed by atoms with Crippen LogP contribution in [0.1, 0.15) is 22.3 Å². The first kappa shape index (κ1) is 12.1. The highest BCUT2D eigenvalue weighted by molar-refractivity contribution is 5.94. The zero-order valence-corrected chi connectivity index (χ0v) is 10.8. The number of likely N-dealkylation sites (tertiary alicyclic amines) is 1. The Morgan fingerprint density at radius 3 is 2.47 bits per heavy atom. The van der Waals surface area contributed by atoms with Crippen LogP contribution in [0, 0.1) is 6.92 Å². The summed E-state index contributed by atoms with van der Waals surface area (Å²) >= 11 is 0. The molecule has 1 heterocycles. The summed E-state index contributed by atoms with van der Waals surface area (Å²) in [7, 11) is 4.15. The Kier molecular flexibility index (Phi) is 3.48. The van der Waals surface area contributed by atoms with Crippen molar-refractivity contribution in [2.75, 3.05) is 27.2 Å². The molecule has 1 amide bonds. The van der Waals surface area contributed by atoms with E-state index in [0.717, 1.165) is 25.1 Å². The smallest absolute Gasteiger partial charge is 0.253 e. The summed E-state index contributed by atoms with van der Waals surface area (Å²) in [6.07, 6.45) is 1.07. The molecule has 0 N–H and O–H groups in total. The maximum Gasteiger partial charge on any atom is 0.253 e. The fourth-order valence-electron chi connectivity index (χ4n) is 2.23. The van der Waals surface area contributed by atoms with Crippen LogP contribution in [0.2, 0.25) is 0 Å². The molecule has 1 aliphatic rings. The van der Waals surface area contributed by atoms with Gasteiger partial charge in [-0.1, -0.05) is 17.7 Å². The molecule has 0 spiro atoms. The highest BCUT2D eigenvalue weighted by atomic mass is 16.2. The summed E-state index contributed by atoms with van der Waals surface area (Å²) in [6.45, 7) is 3.75. The van der Waals surface area contributed by atoms with Gasteiger partial charge < -0.3 is 9.80 Å². The Morgan fingerprint density at radius 2 is 1.94 bits per heavy atom. The fraction of sp³-hybridized carbons (Fsp3) is 0.500. The molecule has 0 radical (unpaired) electrons. The predicted octanol–water partition coefficient (Wildman–Crippen LogP) is 1.77. The van der Waals surface area contributed by atoms with Gasteiger partial charge >= 0.3 is 0 Å². The summed E-state index contributed by atoms with van der Waals surface area (Å²) < 4.78 is 0. The molecule has 1 fully saturated rings. The van der Waals surface area contributed by atoms with Crippen LogP contribution in [-0.4, -0.2) is 48.9 Å². The van der Waals surface area contributed by atoms with Gasteiger partial charge in [0, 0.05) is 24.7 Å². The Hall–Kier alpha value is -1.35. The number of rotatable bonds is 2. The van der Waals surface area contributed by atoms with E-state index in [-0.39, 0.29) is 5.91 Å². The maximum atomic E-state index is 12.2. The lowest BCUT2D eigenvalue weighted by Gasteiger charge is -2.20. The van der Waals surface area contributed by atoms with Gasteiger partial charge in [-0.3, -0.25) is 4.79 Å². The van der Waals surface area contributed by atoms with Crippen molar-refractivity contribution in [3.05, 3.63) is 35.4 Å². The van der Waals surface area contributed by atoms with E-state index < -0.39 is 0 Å². The van der Waals surface area contributed by atoms with Gasteiger partial charge in [0.2, 0.25) is 0 Å². The molecule has 3 nitrogen and oxygen atoms in total. The average Bonchev–Trinajstić information content (AvgIpc) is 2.78. The number of amides is 1. The van der Waals surface area contributed by atoms with Crippen molar-refractivity contribution in [1.29, 1.82) is 0 Å². The van der Waals surface area contributed by atoms with Gasteiger partial charge in [0.25, 0.3) is 5.91 Å². The van der Waals surface area contributed by atoms with Crippen LogP contribution in [0.25, 0.3) is 0 Å². The molecule has 2 rings (SSSR count). The number of aryl methyl sites for hydroxylation is 1. The fourth-order valence-corrected chi connectivity index (χ4v) is 2.23. The molecule has 1 aliphatic heterocycles. The van der Waals surface area contributed by atoms with E-state index in [1.54, 1.807) is 0 Å². The molecule has 0 aromatic heterocycles. The van der Waals surface area contributed by atoms with Crippen LogP contribution >= 0.6 is 0 Å². The minimum atomic E-state index is 0.161. The van der Waals surface area contributed by atoms with Crippen molar-refractivity contribution < 1.29 is 4.79 Å². The van der Waals surface area contributed by atoms with E-state index in [2.05, 4.69) is 19.0 Å². The summed E-state index contributed by atoms with van der Waals surface area (Å²) in [5.41, 5.74) is 1.99. The van der Waals surface area contributed by atoms with Crippen molar-refractivity contribution >= 4 is 5.91 Å². The van der Waals surface area contributed by atoms with Gasteiger partial charge in [-0.2, -0.15) is 0 Å². The molecular formula is C14H20N2O. The van der Waals surface area contributed by atoms with Gasteiger partial charge in [0.1, 0.15) is 0 Å². The molecular weight excluding hydrogens is 212 g/mol. The van der Waals surface area contributed by atoms with Crippen LogP contribution in [0.4, 0.5) is 0 Å². The minimum Gasteiger partial charge on any atom is -0.337 e. The van der Waals surface area contributed by atoms with Gasteiger partial charge in [0.05, 0.1) is 0 Å². The van der Waals surface area contributed by atoms with Crippen molar-refractivity contribution in [2.45, 2.75) is 19.4 Å². The standard InChI is InChI=1S/C14H20N2O/c1-11-4-6-12(7-5-11)14(17)16-9-8-13(10-16)15(2)3/h4-7,13H,8-10H2,1-3H3/t13-/m1/s1. The second-order valence-electron chi connectivity index (χ2n) is 5.02. The Morgan fingerprint density at radius 1 is 1.29 bits per heavy atom. The van der Waals surface area contributed by atoms with E-state index in [9.17, 15) is 4.79 Å². The van der Waals surface area contributed by atoms with E-state index in [1.165, 1.54) is 5.56 Å². The molecule has 92 valence electrons. The molecule has 0 aliphatic carbocycles. The first-order valence-electron chi connectivity index (χ1n) is 6.10. The van der Waals surface area contributed by atoms with Gasteiger partial charge in [-0.15, -0.1) is 0 Å². The number of hydrogen-bond donors (Lipinski definition) is 0. The molecule has 0 bridgehead atoms. The number of benzene rings is 1. The highest BCUT2D eigenvalue weighted by Gasteiger charge is 2.27. The molecule has 1 aromatic rings. The number of likely N-dealkylation sites (N-methyl/N-ethyl adjacent to an activating group) is 1. The van der Waals surface area contributed by atoms with Gasteiger partial charge in [-0.25, -0.2) is 0 Å². The van der Waals surface area contributed by atoms with E-state index >= 15 is 0 Å². The molecule has 1 aromatic carbocycles. The second kappa shape index (κ2) is 4.88. The quantitative estimate of drug-likeness (QED) is 0.776. The number of carbonyl (C=O) groups excluding carboxylic acids is 1. The third kappa shape index (κ3) is 2.67. The molecule has 1 atom stereocenters. The zero-order valence-electron chi connectivity index (χ0n) is 10.8.